The molecule has 1 fully saturated rings. The molecule has 1 N–H and O–H groups in total. The summed E-state index contributed by atoms with van der Waals surface area (Å²) in [6.45, 7) is 0.176. The minimum absolute atomic E-state index is 0.0741. The van der Waals surface area contributed by atoms with E-state index in [0.717, 1.165) is 0 Å². The van der Waals surface area contributed by atoms with E-state index in [1.54, 1.807) is 4.90 Å². The molecule has 5 rings (SSSR count). The van der Waals surface area contributed by atoms with Crippen LogP contribution in [0.25, 0.3) is 16.7 Å². The highest BCUT2D eigenvalue weighted by molar-refractivity contribution is 5.81. The number of aromatic nitrogens is 4. The lowest BCUT2D eigenvalue weighted by Crippen LogP contribution is -2.30. The smallest absolute Gasteiger partial charge is 0.264 e. The molecule has 0 amide bonds. The van der Waals surface area contributed by atoms with Crippen molar-refractivity contribution < 1.29 is 23.0 Å². The molecule has 1 aromatic carbocycles. The molecule has 0 radical (unpaired) electrons. The van der Waals surface area contributed by atoms with Crippen molar-refractivity contribution in [3.63, 3.8) is 0 Å². The number of rotatable bonds is 0. The van der Waals surface area contributed by atoms with Crippen LogP contribution in [0.2, 0.25) is 0 Å². The zero-order valence-electron chi connectivity index (χ0n) is 14.6. The number of aromatic hydroxyl groups is 1. The van der Waals surface area contributed by atoms with Gasteiger partial charge in [0.05, 0.1) is 12.7 Å². The fraction of sp³-hybridized carbons (Fsp3) is 0.389. The van der Waals surface area contributed by atoms with Gasteiger partial charge in [0.2, 0.25) is 5.88 Å². The summed E-state index contributed by atoms with van der Waals surface area (Å²) in [7, 11) is 0. The van der Waals surface area contributed by atoms with Gasteiger partial charge < -0.3 is 9.84 Å². The molecule has 28 heavy (non-hydrogen) atoms. The van der Waals surface area contributed by atoms with Crippen molar-refractivity contribution in [1.82, 2.24) is 24.6 Å². The molecule has 0 spiro atoms. The fourth-order valence-electron chi connectivity index (χ4n) is 3.81. The maximum Gasteiger partial charge on any atom is 0.264 e. The normalized spacial score (nSPS) is 23.5. The van der Waals surface area contributed by atoms with Gasteiger partial charge in [-0.2, -0.15) is 10.1 Å². The van der Waals surface area contributed by atoms with Crippen LogP contribution in [-0.2, 0) is 6.42 Å². The highest BCUT2D eigenvalue weighted by Crippen LogP contribution is 2.36. The summed E-state index contributed by atoms with van der Waals surface area (Å²) < 4.78 is 49.8. The van der Waals surface area contributed by atoms with Gasteiger partial charge in [0.1, 0.15) is 35.1 Å². The summed E-state index contributed by atoms with van der Waals surface area (Å²) in [6.07, 6.45) is 1.30. The first kappa shape index (κ1) is 17.2. The number of hydrogen-bond acceptors (Lipinski definition) is 6. The van der Waals surface area contributed by atoms with E-state index >= 15 is 0 Å². The maximum absolute atomic E-state index is 14.4. The Morgan fingerprint density at radius 1 is 1.25 bits per heavy atom. The van der Waals surface area contributed by atoms with Crippen LogP contribution in [-0.4, -0.2) is 61.9 Å². The first-order valence-corrected chi connectivity index (χ1v) is 8.87. The molecule has 10 heteroatoms. The van der Waals surface area contributed by atoms with Crippen molar-refractivity contribution in [2.45, 2.75) is 12.3 Å². The van der Waals surface area contributed by atoms with Crippen LogP contribution >= 0.6 is 0 Å². The molecule has 0 saturated carbocycles. The Morgan fingerprint density at radius 2 is 2.11 bits per heavy atom. The van der Waals surface area contributed by atoms with Gasteiger partial charge in [-0.05, 0) is 12.1 Å². The van der Waals surface area contributed by atoms with Gasteiger partial charge in [0.15, 0.2) is 5.65 Å². The Labute approximate surface area is 157 Å². The van der Waals surface area contributed by atoms with Crippen molar-refractivity contribution in [3.8, 4) is 17.3 Å². The van der Waals surface area contributed by atoms with Gasteiger partial charge in [-0.25, -0.2) is 22.8 Å². The molecule has 4 bridgehead atoms. The van der Waals surface area contributed by atoms with Crippen LogP contribution in [0.1, 0.15) is 5.82 Å². The molecule has 2 atom stereocenters. The van der Waals surface area contributed by atoms with Crippen molar-refractivity contribution in [1.29, 1.82) is 0 Å². The van der Waals surface area contributed by atoms with Gasteiger partial charge in [0, 0.05) is 31.5 Å². The first-order valence-electron chi connectivity index (χ1n) is 8.87. The minimum Gasteiger partial charge on any atom is -0.493 e. The Morgan fingerprint density at radius 3 is 2.96 bits per heavy atom. The third-order valence-corrected chi connectivity index (χ3v) is 5.21. The highest BCUT2D eigenvalue weighted by atomic mass is 19.3. The molecule has 2 aliphatic heterocycles. The molecule has 1 saturated heterocycles. The molecule has 2 aliphatic rings. The summed E-state index contributed by atoms with van der Waals surface area (Å²) in [5.74, 6) is -4.37. The molecule has 7 nitrogen and oxygen atoms in total. The number of alkyl halides is 2. The predicted octanol–water partition coefficient (Wildman–Crippen LogP) is 2.16. The van der Waals surface area contributed by atoms with E-state index in [4.69, 9.17) is 4.74 Å². The van der Waals surface area contributed by atoms with E-state index in [9.17, 15) is 18.3 Å². The molecule has 146 valence electrons. The molecule has 3 aromatic rings. The lowest BCUT2D eigenvalue weighted by Gasteiger charge is -2.18. The highest BCUT2D eigenvalue weighted by Gasteiger charge is 2.48. The van der Waals surface area contributed by atoms with Crippen LogP contribution < -0.4 is 4.74 Å². The second-order valence-corrected chi connectivity index (χ2v) is 7.11. The average Bonchev–Trinajstić information content (AvgIpc) is 3.16. The fourth-order valence-corrected chi connectivity index (χ4v) is 3.81. The zero-order valence-corrected chi connectivity index (χ0v) is 14.6. The van der Waals surface area contributed by atoms with E-state index in [-0.39, 0.29) is 61.1 Å². The van der Waals surface area contributed by atoms with E-state index in [0.29, 0.717) is 5.69 Å². The molecule has 2 aromatic heterocycles. The second-order valence-electron chi connectivity index (χ2n) is 7.11. The Kier molecular flexibility index (Phi) is 3.73. The van der Waals surface area contributed by atoms with Gasteiger partial charge >= 0.3 is 0 Å². The average molecular weight is 391 g/mol. The lowest BCUT2D eigenvalue weighted by atomic mass is 10.0. The Balaban J connectivity index is 1.70. The maximum atomic E-state index is 14.4. The zero-order chi connectivity index (χ0) is 19.5. The van der Waals surface area contributed by atoms with Crippen LogP contribution in [0.5, 0.6) is 11.6 Å². The van der Waals surface area contributed by atoms with Crippen molar-refractivity contribution in [2.24, 2.45) is 5.92 Å². The van der Waals surface area contributed by atoms with Crippen LogP contribution in [0, 0.1) is 11.7 Å². The van der Waals surface area contributed by atoms with Gasteiger partial charge in [0.25, 0.3) is 5.92 Å². The van der Waals surface area contributed by atoms with E-state index < -0.39 is 17.7 Å². The minimum atomic E-state index is -2.90. The monoisotopic (exact) mass is 391 g/mol. The second kappa shape index (κ2) is 6.06. The number of halogens is 3. The molecular formula is C18H16F3N5O2. The summed E-state index contributed by atoms with van der Waals surface area (Å²) in [5.41, 5.74) is 0.682. The van der Waals surface area contributed by atoms with Crippen LogP contribution in [0.4, 0.5) is 13.2 Å². The number of benzene rings is 1. The first-order chi connectivity index (χ1) is 13.4. The van der Waals surface area contributed by atoms with Crippen molar-refractivity contribution in [2.75, 3.05) is 26.2 Å². The lowest BCUT2D eigenvalue weighted by molar-refractivity contribution is -0.0275. The summed E-state index contributed by atoms with van der Waals surface area (Å²) in [5, 5.41) is 14.7. The van der Waals surface area contributed by atoms with E-state index in [2.05, 4.69) is 15.1 Å². The summed E-state index contributed by atoms with van der Waals surface area (Å²) >= 11 is 0. The quantitative estimate of drug-likeness (QED) is 0.633. The van der Waals surface area contributed by atoms with E-state index in [1.807, 2.05) is 0 Å². The number of fused-ring (bicyclic) bond motifs is 5. The van der Waals surface area contributed by atoms with Gasteiger partial charge in [-0.1, -0.05) is 0 Å². The third-order valence-electron chi connectivity index (χ3n) is 5.21. The topological polar surface area (TPSA) is 76.3 Å². The standard InChI is InChI=1S/C18H16F3N5O2/c19-11-1-2-13-14(6-11)28-4-3-25-8-10(18(20,21)9-25)5-15-23-16-12(17(27)24-15)7-22-26(13)16/h1-2,6-7,10H,3-5,8-9H2,(H,23,24,27). The van der Waals surface area contributed by atoms with Crippen LogP contribution in [0.3, 0.4) is 0 Å². The number of ether oxygens (including phenoxy) is 1. The molecular weight excluding hydrogens is 375 g/mol. The van der Waals surface area contributed by atoms with Crippen LogP contribution in [0.15, 0.2) is 24.4 Å². The largest absolute Gasteiger partial charge is 0.493 e. The van der Waals surface area contributed by atoms with E-state index in [1.165, 1.54) is 29.1 Å². The van der Waals surface area contributed by atoms with Crippen molar-refractivity contribution in [3.05, 3.63) is 36.0 Å². The summed E-state index contributed by atoms with van der Waals surface area (Å²) in [4.78, 5) is 9.97. The van der Waals surface area contributed by atoms with Crippen molar-refractivity contribution >= 4 is 11.0 Å². The Bertz CT molecular complexity index is 1070. The number of hydrogen-bond donors (Lipinski definition) is 1. The molecule has 0 aliphatic carbocycles. The molecule has 4 heterocycles. The summed E-state index contributed by atoms with van der Waals surface area (Å²) in [6, 6.07) is 3.98. The molecule has 2 unspecified atom stereocenters. The van der Waals surface area contributed by atoms with Gasteiger partial charge in [-0.15, -0.1) is 0 Å². The Hall–Kier alpha value is -2.88. The predicted molar refractivity (Wildman–Crippen MR) is 92.4 cm³/mol. The third kappa shape index (κ3) is 2.75. The SMILES string of the molecule is Oc1nc2nc3c1cnn3-c1ccc(F)cc1OCCN1CC(C2)C(F)(F)C1. The number of nitrogens with zero attached hydrogens (tertiary/aromatic N) is 5. The van der Waals surface area contributed by atoms with Gasteiger partial charge in [-0.3, -0.25) is 4.90 Å².